The third-order valence-electron chi connectivity index (χ3n) is 16.1. The number of rotatable bonds is 7. The number of nitriles is 1. The highest BCUT2D eigenvalue weighted by molar-refractivity contribution is 6.12. The smallest absolute Gasteiger partial charge is 0.164 e. The molecule has 0 N–H and O–H groups in total. The van der Waals surface area contributed by atoms with Crippen LogP contribution >= 0.6 is 0 Å². The molecule has 0 aliphatic carbocycles. The quantitative estimate of drug-likeness (QED) is 0.159. The molecule has 0 saturated heterocycles. The average Bonchev–Trinajstić information content (AvgIpc) is 3.40. The van der Waals surface area contributed by atoms with Crippen LogP contribution in [0, 0.1) is 11.3 Å². The van der Waals surface area contributed by atoms with Gasteiger partial charge in [-0.25, -0.2) is 15.0 Å². The van der Waals surface area contributed by atoms with Gasteiger partial charge in [-0.1, -0.05) is 198 Å². The first-order valence-electron chi connectivity index (χ1n) is 28.0. The second-order valence-corrected chi connectivity index (χ2v) is 25.8. The molecule has 6 nitrogen and oxygen atoms in total. The van der Waals surface area contributed by atoms with Gasteiger partial charge in [0, 0.05) is 49.4 Å². The zero-order valence-corrected chi connectivity index (χ0v) is 48.2. The Kier molecular flexibility index (Phi) is 12.4. The average molecular weight is 1040 g/mol. The van der Waals surface area contributed by atoms with Gasteiger partial charge in [0.2, 0.25) is 0 Å². The zero-order chi connectivity index (χ0) is 56.0. The molecular formula is C74H68N6. The van der Waals surface area contributed by atoms with E-state index in [0.717, 1.165) is 72.4 Å². The maximum Gasteiger partial charge on any atom is 0.164 e. The standard InChI is InChI=1S/C74H68N6/c1-71(2,3)51-29-35-63-58(41-51)59-42-52(72(4,5)6)30-36-64(59)79(63)62-34-28-49(70-77-68(46-21-15-13-16-22-46)76-69(78-70)47-23-17-14-18-24-47)39-57(62)56-33-27-48(55-26-20-19-25-50(55)45-75)40-67(56)80-65-37-31-53(73(7,8)9)43-60(65)61-44-54(74(10,11)12)32-38-66(61)80/h13-44H,1-12H3. The minimum atomic E-state index is -0.0783. The molecule has 0 bridgehead atoms. The van der Waals surface area contributed by atoms with E-state index in [1.807, 2.05) is 54.6 Å². The number of aromatic nitrogens is 5. The SMILES string of the molecule is CC(C)(C)c1ccc2c(c1)c1cc(C(C)(C)C)ccc1n2-c1ccc(-c2nc(-c3ccccc3)nc(-c3ccccc3)n2)cc1-c1ccc(-c2ccccc2C#N)cc1-n1c2ccc(C(C)(C)C)cc2c2cc(C(C)(C)C)ccc21. The van der Waals surface area contributed by atoms with Crippen LogP contribution in [0.1, 0.15) is 111 Å². The van der Waals surface area contributed by atoms with Crippen molar-refractivity contribution in [1.29, 1.82) is 5.26 Å². The predicted molar refractivity (Wildman–Crippen MR) is 335 cm³/mol. The molecule has 12 rings (SSSR count). The largest absolute Gasteiger partial charge is 0.309 e. The summed E-state index contributed by atoms with van der Waals surface area (Å²) in [7, 11) is 0. The second kappa shape index (κ2) is 19.2. The van der Waals surface area contributed by atoms with E-state index in [-0.39, 0.29) is 21.7 Å². The Bertz CT molecular complexity index is 4240. The lowest BCUT2D eigenvalue weighted by molar-refractivity contribution is 0.590. The summed E-state index contributed by atoms with van der Waals surface area (Å²) >= 11 is 0. The van der Waals surface area contributed by atoms with Crippen molar-refractivity contribution in [1.82, 2.24) is 24.1 Å². The van der Waals surface area contributed by atoms with Gasteiger partial charge < -0.3 is 9.13 Å². The maximum absolute atomic E-state index is 10.6. The third-order valence-corrected chi connectivity index (χ3v) is 16.1. The number of fused-ring (bicyclic) bond motifs is 6. The van der Waals surface area contributed by atoms with Gasteiger partial charge in [-0.3, -0.25) is 0 Å². The molecule has 0 fully saturated rings. The van der Waals surface area contributed by atoms with Gasteiger partial charge in [-0.2, -0.15) is 5.26 Å². The Morgan fingerprint density at radius 3 is 1.10 bits per heavy atom. The third kappa shape index (κ3) is 9.25. The molecule has 12 aromatic rings. The van der Waals surface area contributed by atoms with Crippen LogP contribution in [0.3, 0.4) is 0 Å². The van der Waals surface area contributed by atoms with E-state index >= 15 is 0 Å². The molecule has 9 aromatic carbocycles. The molecular weight excluding hydrogens is 973 g/mol. The molecule has 0 aliphatic heterocycles. The van der Waals surface area contributed by atoms with Crippen molar-refractivity contribution >= 4 is 43.6 Å². The summed E-state index contributed by atoms with van der Waals surface area (Å²) in [5.41, 5.74) is 18.4. The van der Waals surface area contributed by atoms with Crippen molar-refractivity contribution < 1.29 is 0 Å². The lowest BCUT2D eigenvalue weighted by Crippen LogP contribution is -2.10. The molecule has 80 heavy (non-hydrogen) atoms. The highest BCUT2D eigenvalue weighted by atomic mass is 15.0. The Labute approximate surface area is 471 Å². The van der Waals surface area contributed by atoms with Crippen molar-refractivity contribution in [2.75, 3.05) is 0 Å². The monoisotopic (exact) mass is 1040 g/mol. The van der Waals surface area contributed by atoms with Crippen LogP contribution in [0.25, 0.3) is 111 Å². The Morgan fingerprint density at radius 2 is 0.688 bits per heavy atom. The molecule has 394 valence electrons. The van der Waals surface area contributed by atoms with Crippen LogP contribution in [-0.2, 0) is 21.7 Å². The van der Waals surface area contributed by atoms with Gasteiger partial charge >= 0.3 is 0 Å². The number of nitrogens with zero attached hydrogens (tertiary/aromatic N) is 6. The van der Waals surface area contributed by atoms with E-state index in [1.165, 1.54) is 43.8 Å². The molecule has 3 aromatic heterocycles. The molecule has 0 aliphatic rings. The summed E-state index contributed by atoms with van der Waals surface area (Å²) in [6.07, 6.45) is 0. The van der Waals surface area contributed by atoms with Crippen molar-refractivity contribution in [3.63, 3.8) is 0 Å². The van der Waals surface area contributed by atoms with Crippen LogP contribution in [0.5, 0.6) is 0 Å². The second-order valence-electron chi connectivity index (χ2n) is 25.8. The zero-order valence-electron chi connectivity index (χ0n) is 48.2. The first-order valence-corrected chi connectivity index (χ1v) is 28.0. The molecule has 0 saturated carbocycles. The first kappa shape index (κ1) is 51.8. The van der Waals surface area contributed by atoms with E-state index in [4.69, 9.17) is 15.0 Å². The fraction of sp³-hybridized carbons (Fsp3) is 0.216. The fourth-order valence-corrected chi connectivity index (χ4v) is 11.4. The summed E-state index contributed by atoms with van der Waals surface area (Å²) in [5.74, 6) is 1.77. The molecule has 6 heteroatoms. The van der Waals surface area contributed by atoms with E-state index in [0.29, 0.717) is 23.0 Å². The summed E-state index contributed by atoms with van der Waals surface area (Å²) in [5, 5.41) is 15.4. The van der Waals surface area contributed by atoms with Crippen LogP contribution in [0.2, 0.25) is 0 Å². The molecule has 0 radical (unpaired) electrons. The minimum Gasteiger partial charge on any atom is -0.309 e. The van der Waals surface area contributed by atoms with Crippen molar-refractivity contribution in [2.45, 2.75) is 105 Å². The summed E-state index contributed by atoms with van der Waals surface area (Å²) in [6, 6.07) is 72.5. The van der Waals surface area contributed by atoms with E-state index in [1.54, 1.807) is 0 Å². The summed E-state index contributed by atoms with van der Waals surface area (Å²) in [6.45, 7) is 27.5. The van der Waals surface area contributed by atoms with Crippen LogP contribution in [-0.4, -0.2) is 24.1 Å². The fourth-order valence-electron chi connectivity index (χ4n) is 11.4. The topological polar surface area (TPSA) is 72.3 Å². The van der Waals surface area contributed by atoms with Gasteiger partial charge in [0.15, 0.2) is 17.5 Å². The van der Waals surface area contributed by atoms with Gasteiger partial charge in [-0.05, 0) is 134 Å². The van der Waals surface area contributed by atoms with Gasteiger partial charge in [0.05, 0.1) is 45.1 Å². The van der Waals surface area contributed by atoms with Crippen LogP contribution in [0.4, 0.5) is 0 Å². The van der Waals surface area contributed by atoms with E-state index < -0.39 is 0 Å². The van der Waals surface area contributed by atoms with Crippen LogP contribution < -0.4 is 0 Å². The van der Waals surface area contributed by atoms with Crippen molar-refractivity contribution in [2.24, 2.45) is 0 Å². The molecule has 3 heterocycles. The highest BCUT2D eigenvalue weighted by Gasteiger charge is 2.27. The number of hydrogen-bond donors (Lipinski definition) is 0. The summed E-state index contributed by atoms with van der Waals surface area (Å²) < 4.78 is 4.94. The predicted octanol–water partition coefficient (Wildman–Crippen LogP) is 19.5. The first-order chi connectivity index (χ1) is 38.1. The van der Waals surface area contributed by atoms with E-state index in [2.05, 4.69) is 238 Å². The van der Waals surface area contributed by atoms with Gasteiger partial charge in [-0.15, -0.1) is 0 Å². The van der Waals surface area contributed by atoms with Crippen molar-refractivity contribution in [3.05, 3.63) is 222 Å². The Hall–Kier alpha value is -8.92. The van der Waals surface area contributed by atoms with Gasteiger partial charge in [0.1, 0.15) is 0 Å². The Balaban J connectivity index is 1.23. The van der Waals surface area contributed by atoms with Crippen LogP contribution in [0.15, 0.2) is 194 Å². The lowest BCUT2D eigenvalue weighted by atomic mass is 9.85. The lowest BCUT2D eigenvalue weighted by Gasteiger charge is -2.22. The van der Waals surface area contributed by atoms with E-state index in [9.17, 15) is 5.26 Å². The molecule has 0 unspecified atom stereocenters. The van der Waals surface area contributed by atoms with Crippen molar-refractivity contribution in [3.8, 4) is 73.9 Å². The Morgan fingerprint density at radius 1 is 0.312 bits per heavy atom. The minimum absolute atomic E-state index is 0.0662. The van der Waals surface area contributed by atoms with Gasteiger partial charge in [0.25, 0.3) is 0 Å². The molecule has 0 amide bonds. The number of hydrogen-bond acceptors (Lipinski definition) is 4. The normalized spacial score (nSPS) is 12.5. The highest BCUT2D eigenvalue weighted by Crippen LogP contribution is 2.46. The molecule has 0 atom stereocenters. The number of benzene rings is 9. The summed E-state index contributed by atoms with van der Waals surface area (Å²) in [4.78, 5) is 15.7. The maximum atomic E-state index is 10.6. The molecule has 0 spiro atoms.